The molecule has 10 heteroatoms. The Kier molecular flexibility index (Phi) is 13.2. The van der Waals surface area contributed by atoms with Gasteiger partial charge in [0.1, 0.15) is 6.04 Å². The van der Waals surface area contributed by atoms with E-state index in [0.29, 0.717) is 24.5 Å². The molecule has 6 N–H and O–H groups in total. The smallest absolute Gasteiger partial charge is 0.243 e. The molecule has 0 unspecified atom stereocenters. The Bertz CT molecular complexity index is 1060. The number of carbonyl (C=O) groups excluding carboxylic acids is 2. The molecule has 0 aliphatic carbocycles. The maximum atomic E-state index is 13.0. The molecular formula is C25H35Br2N5O3. The van der Waals surface area contributed by atoms with Crippen LogP contribution < -0.4 is 16.4 Å². The highest BCUT2D eigenvalue weighted by molar-refractivity contribution is 8.93. The zero-order valence-electron chi connectivity index (χ0n) is 19.9. The highest BCUT2D eigenvalue weighted by Crippen LogP contribution is 2.19. The van der Waals surface area contributed by atoms with Gasteiger partial charge in [-0.15, -0.1) is 34.0 Å². The molecule has 3 atom stereocenters. The summed E-state index contributed by atoms with van der Waals surface area (Å²) in [5.41, 5.74) is 7.86. The number of fused-ring (bicyclic) bond motifs is 1. The molecule has 0 saturated heterocycles. The lowest BCUT2D eigenvalue weighted by molar-refractivity contribution is -0.130. The van der Waals surface area contributed by atoms with Crippen LogP contribution in [0.15, 0.2) is 55.0 Å². The molecule has 0 aliphatic heterocycles. The molecule has 2 amide bonds. The minimum absolute atomic E-state index is 0. The molecule has 8 nitrogen and oxygen atoms in total. The number of aromatic amines is 1. The largest absolute Gasteiger partial charge is 0.394 e. The van der Waals surface area contributed by atoms with Crippen molar-refractivity contribution >= 4 is 56.5 Å². The lowest BCUT2D eigenvalue weighted by Gasteiger charge is -2.24. The molecule has 0 aliphatic rings. The first-order valence-electron chi connectivity index (χ1n) is 11.3. The molecular weight excluding hydrogens is 578 g/mol. The number of aliphatic hydroxyl groups excluding tert-OH is 1. The van der Waals surface area contributed by atoms with Crippen LogP contribution in [0.1, 0.15) is 31.5 Å². The van der Waals surface area contributed by atoms with Crippen molar-refractivity contribution in [2.75, 3.05) is 6.61 Å². The van der Waals surface area contributed by atoms with Crippen molar-refractivity contribution in [2.45, 2.75) is 51.2 Å². The number of amides is 2. The van der Waals surface area contributed by atoms with Crippen LogP contribution in [0.4, 0.5) is 0 Å². The predicted octanol–water partition coefficient (Wildman–Crippen LogP) is 2.84. The van der Waals surface area contributed by atoms with Crippen molar-refractivity contribution < 1.29 is 14.7 Å². The third-order valence-electron chi connectivity index (χ3n) is 5.58. The third-order valence-corrected chi connectivity index (χ3v) is 5.58. The monoisotopic (exact) mass is 611 g/mol. The van der Waals surface area contributed by atoms with Crippen LogP contribution >= 0.6 is 34.0 Å². The number of imidazole rings is 1. The molecule has 0 radical (unpaired) electrons. The number of hydrogen-bond donors (Lipinski definition) is 5. The summed E-state index contributed by atoms with van der Waals surface area (Å²) >= 11 is 0. The molecule has 0 bridgehead atoms. The van der Waals surface area contributed by atoms with Gasteiger partial charge >= 0.3 is 0 Å². The molecule has 0 fully saturated rings. The van der Waals surface area contributed by atoms with Gasteiger partial charge in [-0.05, 0) is 35.1 Å². The molecule has 3 rings (SSSR count). The van der Waals surface area contributed by atoms with E-state index in [1.807, 2.05) is 56.3 Å². The molecule has 0 spiro atoms. The average molecular weight is 613 g/mol. The van der Waals surface area contributed by atoms with Crippen LogP contribution in [0.2, 0.25) is 0 Å². The SMILES string of the molecule is Br.Br.CC(C)C[C@@H](CO)NC(=O)[C@H](Cc1c[nH]cn1)NC(=O)[C@@H](N)Cc1cccc2ccccc12. The van der Waals surface area contributed by atoms with Crippen molar-refractivity contribution in [1.82, 2.24) is 20.6 Å². The van der Waals surface area contributed by atoms with Crippen LogP contribution in [0.25, 0.3) is 10.8 Å². The minimum Gasteiger partial charge on any atom is -0.394 e. The van der Waals surface area contributed by atoms with Gasteiger partial charge in [-0.25, -0.2) is 4.98 Å². The summed E-state index contributed by atoms with van der Waals surface area (Å²) < 4.78 is 0. The molecule has 0 saturated carbocycles. The predicted molar refractivity (Wildman–Crippen MR) is 149 cm³/mol. The first-order chi connectivity index (χ1) is 15.9. The number of rotatable bonds is 11. The molecule has 3 aromatic rings. The number of aromatic nitrogens is 2. The Morgan fingerprint density at radius 2 is 1.74 bits per heavy atom. The van der Waals surface area contributed by atoms with Gasteiger partial charge < -0.3 is 26.5 Å². The van der Waals surface area contributed by atoms with Crippen LogP contribution in [0.3, 0.4) is 0 Å². The summed E-state index contributed by atoms with van der Waals surface area (Å²) in [7, 11) is 0. The maximum Gasteiger partial charge on any atom is 0.243 e. The second-order valence-electron chi connectivity index (χ2n) is 8.79. The second kappa shape index (κ2) is 15.0. The average Bonchev–Trinajstić information content (AvgIpc) is 3.31. The highest BCUT2D eigenvalue weighted by atomic mass is 79.9. The van der Waals surface area contributed by atoms with E-state index >= 15 is 0 Å². The number of benzene rings is 2. The van der Waals surface area contributed by atoms with Crippen LogP contribution in [-0.4, -0.2) is 51.6 Å². The summed E-state index contributed by atoms with van der Waals surface area (Å²) in [5, 5.41) is 17.4. The molecule has 192 valence electrons. The van der Waals surface area contributed by atoms with Gasteiger partial charge in [-0.1, -0.05) is 56.3 Å². The van der Waals surface area contributed by atoms with Gasteiger partial charge in [0.15, 0.2) is 0 Å². The van der Waals surface area contributed by atoms with Gasteiger partial charge in [0, 0.05) is 12.6 Å². The molecule has 35 heavy (non-hydrogen) atoms. The summed E-state index contributed by atoms with van der Waals surface area (Å²) in [6, 6.07) is 11.8. The number of carbonyl (C=O) groups is 2. The van der Waals surface area contributed by atoms with Crippen molar-refractivity contribution in [2.24, 2.45) is 11.7 Å². The Hall–Kier alpha value is -2.27. The molecule has 2 aromatic carbocycles. The fourth-order valence-electron chi connectivity index (χ4n) is 3.95. The fourth-order valence-corrected chi connectivity index (χ4v) is 3.95. The Morgan fingerprint density at radius 3 is 2.40 bits per heavy atom. The number of nitrogens with one attached hydrogen (secondary N) is 3. The van der Waals surface area contributed by atoms with E-state index in [4.69, 9.17) is 5.73 Å². The van der Waals surface area contributed by atoms with E-state index in [2.05, 4.69) is 20.6 Å². The van der Waals surface area contributed by atoms with Gasteiger partial charge in [-0.2, -0.15) is 0 Å². The van der Waals surface area contributed by atoms with E-state index < -0.39 is 18.0 Å². The first kappa shape index (κ1) is 30.8. The number of nitrogens with two attached hydrogens (primary N) is 1. The number of halogens is 2. The third kappa shape index (κ3) is 9.03. The minimum atomic E-state index is -0.861. The van der Waals surface area contributed by atoms with Crippen LogP contribution in [0, 0.1) is 5.92 Å². The van der Waals surface area contributed by atoms with Crippen molar-refractivity contribution in [3.63, 3.8) is 0 Å². The normalized spacial score (nSPS) is 13.3. The van der Waals surface area contributed by atoms with E-state index in [1.165, 1.54) is 6.33 Å². The lowest BCUT2D eigenvalue weighted by atomic mass is 9.98. The zero-order valence-corrected chi connectivity index (χ0v) is 23.4. The Labute approximate surface area is 227 Å². The van der Waals surface area contributed by atoms with Crippen molar-refractivity contribution in [3.8, 4) is 0 Å². The lowest BCUT2D eigenvalue weighted by Crippen LogP contribution is -2.55. The van der Waals surface area contributed by atoms with E-state index in [-0.39, 0.29) is 58.9 Å². The van der Waals surface area contributed by atoms with Crippen LogP contribution in [0.5, 0.6) is 0 Å². The van der Waals surface area contributed by atoms with Gasteiger partial charge in [-0.3, -0.25) is 9.59 Å². The zero-order chi connectivity index (χ0) is 23.8. The standard InChI is InChI=1S/C25H33N5O3.2BrH/c1-16(2)10-20(14-31)29-25(33)23(12-19-13-27-15-28-19)30-24(32)22(26)11-18-8-5-7-17-6-3-4-9-21(17)18;;/h3-9,13,15-16,20,22-23,31H,10-12,14,26H2,1-2H3,(H,27,28)(H,29,33)(H,30,32);2*1H/t20-,22-,23-;;/m0../s1. The second-order valence-corrected chi connectivity index (χ2v) is 8.79. The maximum absolute atomic E-state index is 13.0. The van der Waals surface area contributed by atoms with E-state index in [9.17, 15) is 14.7 Å². The summed E-state index contributed by atoms with van der Waals surface area (Å²) in [5.74, 6) is -0.484. The first-order valence-corrected chi connectivity index (χ1v) is 11.3. The number of nitrogens with zero attached hydrogens (tertiary/aromatic N) is 1. The Morgan fingerprint density at radius 1 is 1.03 bits per heavy atom. The summed E-state index contributed by atoms with van der Waals surface area (Å²) in [4.78, 5) is 33.0. The summed E-state index contributed by atoms with van der Waals surface area (Å²) in [6.07, 6.45) is 4.39. The number of aliphatic hydroxyl groups is 1. The quantitative estimate of drug-likeness (QED) is 0.227. The van der Waals surface area contributed by atoms with Gasteiger partial charge in [0.25, 0.3) is 0 Å². The van der Waals surface area contributed by atoms with E-state index in [1.54, 1.807) is 6.20 Å². The van der Waals surface area contributed by atoms with Crippen LogP contribution in [-0.2, 0) is 22.4 Å². The topological polar surface area (TPSA) is 133 Å². The fraction of sp³-hybridized carbons (Fsp3) is 0.400. The van der Waals surface area contributed by atoms with E-state index in [0.717, 1.165) is 16.3 Å². The van der Waals surface area contributed by atoms with Gasteiger partial charge in [0.2, 0.25) is 11.8 Å². The summed E-state index contributed by atoms with van der Waals surface area (Å²) in [6.45, 7) is 3.86. The highest BCUT2D eigenvalue weighted by Gasteiger charge is 2.27. The van der Waals surface area contributed by atoms with Gasteiger partial charge in [0.05, 0.1) is 30.7 Å². The molecule has 1 heterocycles. The number of hydrogen-bond acceptors (Lipinski definition) is 5. The number of H-pyrrole nitrogens is 1. The van der Waals surface area contributed by atoms with Crippen molar-refractivity contribution in [3.05, 3.63) is 66.2 Å². The van der Waals surface area contributed by atoms with Crippen molar-refractivity contribution in [1.29, 1.82) is 0 Å². The Balaban J connectivity index is 0.00000306. The molecule has 1 aromatic heterocycles.